The van der Waals surface area contributed by atoms with Gasteiger partial charge < -0.3 is 15.2 Å². The van der Waals surface area contributed by atoms with Crippen molar-refractivity contribution in [2.45, 2.75) is 44.8 Å². The van der Waals surface area contributed by atoms with Gasteiger partial charge in [0.25, 0.3) is 0 Å². The zero-order valence-corrected chi connectivity index (χ0v) is 10.4. The Hall–Kier alpha value is -1.22. The van der Waals surface area contributed by atoms with E-state index in [4.69, 9.17) is 15.2 Å². The van der Waals surface area contributed by atoms with Crippen LogP contribution in [0.1, 0.15) is 32.6 Å². The van der Waals surface area contributed by atoms with Gasteiger partial charge in [0, 0.05) is 6.04 Å². The first-order chi connectivity index (χ1) is 8.28. The minimum atomic E-state index is 0.327. The fourth-order valence-corrected chi connectivity index (χ4v) is 2.18. The van der Waals surface area contributed by atoms with E-state index in [0.717, 1.165) is 37.2 Å². The molecule has 0 saturated heterocycles. The highest BCUT2D eigenvalue weighted by Crippen LogP contribution is 2.24. The molecule has 0 atom stereocenters. The molecule has 2 N–H and O–H groups in total. The first-order valence-electron chi connectivity index (χ1n) is 6.43. The number of rotatable bonds is 4. The minimum Gasteiger partial charge on any atom is -0.494 e. The molecule has 3 nitrogen and oxygen atoms in total. The molecule has 0 spiro atoms. The van der Waals surface area contributed by atoms with Crippen molar-refractivity contribution in [1.29, 1.82) is 0 Å². The summed E-state index contributed by atoms with van der Waals surface area (Å²) < 4.78 is 11.3. The van der Waals surface area contributed by atoms with Crippen LogP contribution in [-0.4, -0.2) is 18.8 Å². The van der Waals surface area contributed by atoms with E-state index in [9.17, 15) is 0 Å². The van der Waals surface area contributed by atoms with Crippen molar-refractivity contribution in [3.8, 4) is 11.5 Å². The molecule has 17 heavy (non-hydrogen) atoms. The third kappa shape index (κ3) is 3.63. The average Bonchev–Trinajstić information content (AvgIpc) is 2.35. The standard InChI is InChI=1S/C14H21NO2/c1-2-16-12-7-9-14(10-8-12)17-13-5-3-11(15)4-6-13/h7-11,13H,2-6,15H2,1H3. The van der Waals surface area contributed by atoms with Gasteiger partial charge in [-0.1, -0.05) is 0 Å². The molecule has 1 saturated carbocycles. The Kier molecular flexibility index (Phi) is 4.26. The highest BCUT2D eigenvalue weighted by Gasteiger charge is 2.19. The highest BCUT2D eigenvalue weighted by atomic mass is 16.5. The van der Waals surface area contributed by atoms with E-state index >= 15 is 0 Å². The molecule has 0 heterocycles. The van der Waals surface area contributed by atoms with Gasteiger partial charge in [0.2, 0.25) is 0 Å². The zero-order valence-electron chi connectivity index (χ0n) is 10.4. The lowest BCUT2D eigenvalue weighted by atomic mass is 9.94. The lowest BCUT2D eigenvalue weighted by Crippen LogP contribution is -2.31. The summed E-state index contributed by atoms with van der Waals surface area (Å²) in [6, 6.07) is 8.22. The van der Waals surface area contributed by atoms with Crippen molar-refractivity contribution in [2.24, 2.45) is 5.73 Å². The Labute approximate surface area is 103 Å². The number of hydrogen-bond donors (Lipinski definition) is 1. The summed E-state index contributed by atoms with van der Waals surface area (Å²) in [5.41, 5.74) is 5.87. The van der Waals surface area contributed by atoms with E-state index in [1.807, 2.05) is 31.2 Å². The molecule has 2 rings (SSSR count). The first kappa shape index (κ1) is 12.2. The Morgan fingerprint density at radius 3 is 2.24 bits per heavy atom. The van der Waals surface area contributed by atoms with Crippen LogP contribution in [0.25, 0.3) is 0 Å². The van der Waals surface area contributed by atoms with Crippen LogP contribution >= 0.6 is 0 Å². The predicted molar refractivity (Wildman–Crippen MR) is 68.5 cm³/mol. The molecule has 0 bridgehead atoms. The number of benzene rings is 1. The SMILES string of the molecule is CCOc1ccc(OC2CCC(N)CC2)cc1. The Bertz CT molecular complexity index is 329. The predicted octanol–water partition coefficient (Wildman–Crippen LogP) is 2.73. The topological polar surface area (TPSA) is 44.5 Å². The van der Waals surface area contributed by atoms with E-state index in [0.29, 0.717) is 18.8 Å². The summed E-state index contributed by atoms with van der Waals surface area (Å²) in [6.07, 6.45) is 4.60. The van der Waals surface area contributed by atoms with Gasteiger partial charge in [0.1, 0.15) is 11.5 Å². The zero-order chi connectivity index (χ0) is 12.1. The van der Waals surface area contributed by atoms with Crippen molar-refractivity contribution in [1.82, 2.24) is 0 Å². The number of nitrogens with two attached hydrogens (primary N) is 1. The molecule has 0 radical (unpaired) electrons. The van der Waals surface area contributed by atoms with E-state index in [-0.39, 0.29) is 0 Å². The summed E-state index contributed by atoms with van der Waals surface area (Å²) in [4.78, 5) is 0. The third-order valence-corrected chi connectivity index (χ3v) is 3.16. The molecule has 0 aliphatic heterocycles. The minimum absolute atomic E-state index is 0.327. The van der Waals surface area contributed by atoms with Gasteiger partial charge >= 0.3 is 0 Å². The van der Waals surface area contributed by atoms with Crippen LogP contribution in [-0.2, 0) is 0 Å². The van der Waals surface area contributed by atoms with Crippen LogP contribution in [0.5, 0.6) is 11.5 Å². The van der Waals surface area contributed by atoms with E-state index in [1.165, 1.54) is 0 Å². The van der Waals surface area contributed by atoms with E-state index in [2.05, 4.69) is 0 Å². The van der Waals surface area contributed by atoms with Gasteiger partial charge in [-0.05, 0) is 56.9 Å². The van der Waals surface area contributed by atoms with Crippen molar-refractivity contribution in [3.63, 3.8) is 0 Å². The lowest BCUT2D eigenvalue weighted by molar-refractivity contribution is 0.147. The van der Waals surface area contributed by atoms with Crippen LogP contribution in [0.15, 0.2) is 24.3 Å². The smallest absolute Gasteiger partial charge is 0.119 e. The second-order valence-corrected chi connectivity index (χ2v) is 4.56. The number of ether oxygens (including phenoxy) is 2. The van der Waals surface area contributed by atoms with Crippen molar-refractivity contribution in [2.75, 3.05) is 6.61 Å². The van der Waals surface area contributed by atoms with E-state index < -0.39 is 0 Å². The largest absolute Gasteiger partial charge is 0.494 e. The first-order valence-corrected chi connectivity index (χ1v) is 6.43. The van der Waals surface area contributed by atoms with Gasteiger partial charge in [-0.2, -0.15) is 0 Å². The molecular weight excluding hydrogens is 214 g/mol. The van der Waals surface area contributed by atoms with Crippen LogP contribution in [0, 0.1) is 0 Å². The van der Waals surface area contributed by atoms with Crippen LogP contribution in [0.3, 0.4) is 0 Å². The molecule has 0 aromatic heterocycles. The van der Waals surface area contributed by atoms with Crippen LogP contribution in [0.4, 0.5) is 0 Å². The van der Waals surface area contributed by atoms with Crippen LogP contribution in [0.2, 0.25) is 0 Å². The average molecular weight is 235 g/mol. The summed E-state index contributed by atoms with van der Waals surface area (Å²) in [5, 5.41) is 0. The van der Waals surface area contributed by atoms with Gasteiger partial charge in [0.05, 0.1) is 12.7 Å². The monoisotopic (exact) mass is 235 g/mol. The highest BCUT2D eigenvalue weighted by molar-refractivity contribution is 5.31. The quantitative estimate of drug-likeness (QED) is 0.872. The molecular formula is C14H21NO2. The summed E-state index contributed by atoms with van der Waals surface area (Å²) >= 11 is 0. The van der Waals surface area contributed by atoms with E-state index in [1.54, 1.807) is 0 Å². The molecule has 94 valence electrons. The Morgan fingerprint density at radius 2 is 1.65 bits per heavy atom. The fourth-order valence-electron chi connectivity index (χ4n) is 2.18. The summed E-state index contributed by atoms with van der Waals surface area (Å²) in [5.74, 6) is 1.82. The molecule has 1 aliphatic rings. The van der Waals surface area contributed by atoms with Gasteiger partial charge in [-0.3, -0.25) is 0 Å². The maximum Gasteiger partial charge on any atom is 0.119 e. The molecule has 1 aromatic rings. The van der Waals surface area contributed by atoms with Crippen molar-refractivity contribution < 1.29 is 9.47 Å². The van der Waals surface area contributed by atoms with Gasteiger partial charge in [0.15, 0.2) is 0 Å². The molecule has 1 fully saturated rings. The third-order valence-electron chi connectivity index (χ3n) is 3.16. The molecule has 1 aromatic carbocycles. The maximum atomic E-state index is 5.93. The normalized spacial score (nSPS) is 24.4. The van der Waals surface area contributed by atoms with Crippen molar-refractivity contribution >= 4 is 0 Å². The van der Waals surface area contributed by atoms with Crippen LogP contribution < -0.4 is 15.2 Å². The molecule has 0 amide bonds. The maximum absolute atomic E-state index is 5.93. The van der Waals surface area contributed by atoms with Gasteiger partial charge in [-0.25, -0.2) is 0 Å². The van der Waals surface area contributed by atoms with Crippen molar-refractivity contribution in [3.05, 3.63) is 24.3 Å². The summed E-state index contributed by atoms with van der Waals surface area (Å²) in [7, 11) is 0. The Balaban J connectivity index is 1.86. The molecule has 0 unspecified atom stereocenters. The second kappa shape index (κ2) is 5.92. The number of hydrogen-bond acceptors (Lipinski definition) is 3. The molecule has 3 heteroatoms. The second-order valence-electron chi connectivity index (χ2n) is 4.56. The van der Waals surface area contributed by atoms with Gasteiger partial charge in [-0.15, -0.1) is 0 Å². The lowest BCUT2D eigenvalue weighted by Gasteiger charge is -2.26. The summed E-state index contributed by atoms with van der Waals surface area (Å²) in [6.45, 7) is 2.68. The Morgan fingerprint density at radius 1 is 1.06 bits per heavy atom. The molecule has 1 aliphatic carbocycles. The fraction of sp³-hybridized carbons (Fsp3) is 0.571.